The van der Waals surface area contributed by atoms with E-state index in [9.17, 15) is 4.79 Å². The molecule has 4 heteroatoms. The molecular formula is C11H20O4. The van der Waals surface area contributed by atoms with Gasteiger partial charge in [0.15, 0.2) is 0 Å². The summed E-state index contributed by atoms with van der Waals surface area (Å²) in [6.45, 7) is 5.94. The third-order valence-electron chi connectivity index (χ3n) is 3.11. The van der Waals surface area contributed by atoms with Gasteiger partial charge >= 0.3 is 5.97 Å². The van der Waals surface area contributed by atoms with Crippen molar-refractivity contribution in [2.24, 2.45) is 11.8 Å². The van der Waals surface area contributed by atoms with Crippen molar-refractivity contribution in [3.05, 3.63) is 0 Å². The number of hydrogen-bond donors (Lipinski definition) is 1. The maximum absolute atomic E-state index is 11.1. The summed E-state index contributed by atoms with van der Waals surface area (Å²) in [4.78, 5) is 11.1. The molecule has 0 amide bonds. The molecule has 0 saturated carbocycles. The molecule has 15 heavy (non-hydrogen) atoms. The summed E-state index contributed by atoms with van der Waals surface area (Å²) in [5, 5.41) is 9.09. The maximum atomic E-state index is 11.1. The predicted octanol–water partition coefficient (Wildman–Crippen LogP) is 1.54. The van der Waals surface area contributed by atoms with Gasteiger partial charge in [0.1, 0.15) is 0 Å². The van der Waals surface area contributed by atoms with Crippen molar-refractivity contribution in [3.63, 3.8) is 0 Å². The summed E-state index contributed by atoms with van der Waals surface area (Å²) in [5.41, 5.74) is 0. The highest BCUT2D eigenvalue weighted by molar-refractivity contribution is 5.71. The molecule has 1 aliphatic rings. The molecule has 1 saturated heterocycles. The Morgan fingerprint density at radius 2 is 2.07 bits per heavy atom. The summed E-state index contributed by atoms with van der Waals surface area (Å²) >= 11 is 0. The Morgan fingerprint density at radius 3 is 2.47 bits per heavy atom. The smallest absolute Gasteiger partial charge is 0.309 e. The normalized spacial score (nSPS) is 33.3. The van der Waals surface area contributed by atoms with Crippen LogP contribution in [0.25, 0.3) is 0 Å². The SMILES string of the molecule is COC(C)C1OC(C(C)C)CC1C(=O)O. The fourth-order valence-corrected chi connectivity index (χ4v) is 1.98. The van der Waals surface area contributed by atoms with E-state index in [0.717, 1.165) is 0 Å². The molecule has 0 aromatic heterocycles. The van der Waals surface area contributed by atoms with E-state index in [2.05, 4.69) is 0 Å². The molecule has 88 valence electrons. The number of methoxy groups -OCH3 is 1. The lowest BCUT2D eigenvalue weighted by atomic mass is 9.93. The van der Waals surface area contributed by atoms with Gasteiger partial charge in [0.2, 0.25) is 0 Å². The summed E-state index contributed by atoms with van der Waals surface area (Å²) in [6, 6.07) is 0. The molecule has 4 atom stereocenters. The summed E-state index contributed by atoms with van der Waals surface area (Å²) in [5.74, 6) is -0.875. The van der Waals surface area contributed by atoms with Gasteiger partial charge in [-0.3, -0.25) is 4.79 Å². The van der Waals surface area contributed by atoms with Crippen LogP contribution in [0.1, 0.15) is 27.2 Å². The molecular weight excluding hydrogens is 196 g/mol. The standard InChI is InChI=1S/C11H20O4/c1-6(2)9-5-8(11(12)13)10(15-9)7(3)14-4/h6-10H,5H2,1-4H3,(H,12,13). The highest BCUT2D eigenvalue weighted by Gasteiger charge is 2.43. The van der Waals surface area contributed by atoms with Gasteiger partial charge in [-0.25, -0.2) is 0 Å². The second-order valence-electron chi connectivity index (χ2n) is 4.50. The van der Waals surface area contributed by atoms with E-state index in [1.54, 1.807) is 7.11 Å². The Labute approximate surface area is 90.6 Å². The quantitative estimate of drug-likeness (QED) is 0.774. The summed E-state index contributed by atoms with van der Waals surface area (Å²) in [6.07, 6.45) is 0.134. The van der Waals surface area contributed by atoms with E-state index >= 15 is 0 Å². The number of carboxylic acids is 1. The molecule has 1 N–H and O–H groups in total. The molecule has 1 aliphatic heterocycles. The number of aliphatic carboxylic acids is 1. The highest BCUT2D eigenvalue weighted by Crippen LogP contribution is 2.33. The first kappa shape index (κ1) is 12.5. The van der Waals surface area contributed by atoms with Crippen LogP contribution < -0.4 is 0 Å². The first-order valence-electron chi connectivity index (χ1n) is 5.38. The van der Waals surface area contributed by atoms with Crippen LogP contribution >= 0.6 is 0 Å². The lowest BCUT2D eigenvalue weighted by Gasteiger charge is -2.22. The Kier molecular flexibility index (Phi) is 4.11. The van der Waals surface area contributed by atoms with Crippen LogP contribution in [-0.2, 0) is 14.3 Å². The van der Waals surface area contributed by atoms with Crippen molar-refractivity contribution in [1.82, 2.24) is 0 Å². The first-order chi connectivity index (χ1) is 6.97. The Morgan fingerprint density at radius 1 is 1.47 bits per heavy atom. The van der Waals surface area contributed by atoms with E-state index in [1.807, 2.05) is 20.8 Å². The molecule has 1 rings (SSSR count). The van der Waals surface area contributed by atoms with Gasteiger partial charge in [-0.2, -0.15) is 0 Å². The molecule has 0 aromatic rings. The Balaban J connectivity index is 2.72. The van der Waals surface area contributed by atoms with Crippen molar-refractivity contribution in [3.8, 4) is 0 Å². The first-order valence-corrected chi connectivity index (χ1v) is 5.38. The topological polar surface area (TPSA) is 55.8 Å². The molecule has 4 nitrogen and oxygen atoms in total. The molecule has 0 radical (unpaired) electrons. The summed E-state index contributed by atoms with van der Waals surface area (Å²) in [7, 11) is 1.58. The molecule has 4 unspecified atom stereocenters. The average molecular weight is 216 g/mol. The van der Waals surface area contributed by atoms with E-state index in [4.69, 9.17) is 14.6 Å². The number of ether oxygens (including phenoxy) is 2. The largest absolute Gasteiger partial charge is 0.481 e. The molecule has 0 bridgehead atoms. The Bertz CT molecular complexity index is 227. The molecule has 0 aliphatic carbocycles. The minimum Gasteiger partial charge on any atom is -0.481 e. The molecule has 0 spiro atoms. The van der Waals surface area contributed by atoms with Crippen molar-refractivity contribution >= 4 is 5.97 Å². The second kappa shape index (κ2) is 4.94. The number of carbonyl (C=O) groups is 1. The maximum Gasteiger partial charge on any atom is 0.309 e. The molecule has 1 fully saturated rings. The zero-order chi connectivity index (χ0) is 11.6. The van der Waals surface area contributed by atoms with E-state index in [1.165, 1.54) is 0 Å². The van der Waals surface area contributed by atoms with Crippen LogP contribution in [0.5, 0.6) is 0 Å². The van der Waals surface area contributed by atoms with Crippen molar-refractivity contribution in [2.75, 3.05) is 7.11 Å². The minimum absolute atomic E-state index is 0.0358. The van der Waals surface area contributed by atoms with Gasteiger partial charge in [-0.05, 0) is 19.3 Å². The average Bonchev–Trinajstić information content (AvgIpc) is 2.61. The highest BCUT2D eigenvalue weighted by atomic mass is 16.5. The van der Waals surface area contributed by atoms with Crippen molar-refractivity contribution < 1.29 is 19.4 Å². The summed E-state index contributed by atoms with van der Waals surface area (Å²) < 4.78 is 10.9. The van der Waals surface area contributed by atoms with Crippen molar-refractivity contribution in [2.45, 2.75) is 45.5 Å². The lowest BCUT2D eigenvalue weighted by Crippen LogP contribution is -2.34. The fourth-order valence-electron chi connectivity index (χ4n) is 1.98. The Hall–Kier alpha value is -0.610. The number of rotatable bonds is 4. The fraction of sp³-hybridized carbons (Fsp3) is 0.909. The zero-order valence-corrected chi connectivity index (χ0v) is 9.77. The van der Waals surface area contributed by atoms with Gasteiger partial charge in [0, 0.05) is 7.11 Å². The van der Waals surface area contributed by atoms with Gasteiger partial charge in [0.05, 0.1) is 24.2 Å². The van der Waals surface area contributed by atoms with Crippen LogP contribution in [0.3, 0.4) is 0 Å². The lowest BCUT2D eigenvalue weighted by molar-refractivity contribution is -0.147. The minimum atomic E-state index is -0.785. The van der Waals surface area contributed by atoms with E-state index in [0.29, 0.717) is 12.3 Å². The van der Waals surface area contributed by atoms with Crippen molar-refractivity contribution in [1.29, 1.82) is 0 Å². The third-order valence-corrected chi connectivity index (χ3v) is 3.11. The molecule has 1 heterocycles. The van der Waals surface area contributed by atoms with Crippen LogP contribution in [0, 0.1) is 11.8 Å². The predicted molar refractivity (Wildman–Crippen MR) is 55.7 cm³/mol. The van der Waals surface area contributed by atoms with Crippen LogP contribution in [0.15, 0.2) is 0 Å². The van der Waals surface area contributed by atoms with Gasteiger partial charge in [-0.15, -0.1) is 0 Å². The van der Waals surface area contributed by atoms with Crippen LogP contribution in [0.2, 0.25) is 0 Å². The molecule has 0 aromatic carbocycles. The van der Waals surface area contributed by atoms with E-state index in [-0.39, 0.29) is 18.3 Å². The van der Waals surface area contributed by atoms with Gasteiger partial charge < -0.3 is 14.6 Å². The van der Waals surface area contributed by atoms with Gasteiger partial charge in [0.25, 0.3) is 0 Å². The van der Waals surface area contributed by atoms with E-state index < -0.39 is 11.9 Å². The number of hydrogen-bond acceptors (Lipinski definition) is 3. The second-order valence-corrected chi connectivity index (χ2v) is 4.50. The third kappa shape index (κ3) is 2.69. The van der Waals surface area contributed by atoms with Crippen LogP contribution in [0.4, 0.5) is 0 Å². The zero-order valence-electron chi connectivity index (χ0n) is 9.77. The monoisotopic (exact) mass is 216 g/mol. The van der Waals surface area contributed by atoms with Gasteiger partial charge in [-0.1, -0.05) is 13.8 Å². The van der Waals surface area contributed by atoms with Crippen LogP contribution in [-0.4, -0.2) is 36.5 Å². The number of carboxylic acid groups (broad SMARTS) is 1.